The highest BCUT2D eigenvalue weighted by molar-refractivity contribution is 5.63. The van der Waals surface area contributed by atoms with Gasteiger partial charge in [-0.05, 0) is 54.8 Å². The first-order valence-electron chi connectivity index (χ1n) is 8.93. The fourth-order valence-electron chi connectivity index (χ4n) is 3.44. The number of pyridine rings is 2. The van der Waals surface area contributed by atoms with E-state index in [4.69, 9.17) is 0 Å². The van der Waals surface area contributed by atoms with Crippen molar-refractivity contribution in [3.05, 3.63) is 61.2 Å². The summed E-state index contributed by atoms with van der Waals surface area (Å²) in [5.74, 6) is 1.94. The maximum Gasteiger partial charge on any atom is 0.151 e. The molecule has 0 saturated carbocycles. The molecule has 4 heterocycles. The number of hydrogen-bond donors (Lipinski definition) is 0. The van der Waals surface area contributed by atoms with Crippen LogP contribution in [0.25, 0.3) is 11.1 Å². The van der Waals surface area contributed by atoms with Crippen LogP contribution in [-0.4, -0.2) is 46.3 Å². The van der Waals surface area contributed by atoms with E-state index in [1.54, 1.807) is 18.6 Å². The molecular formula is C20H22N6. The van der Waals surface area contributed by atoms with Gasteiger partial charge in [0.05, 0.1) is 0 Å². The zero-order chi connectivity index (χ0) is 17.8. The average molecular weight is 346 g/mol. The molecule has 6 heteroatoms. The van der Waals surface area contributed by atoms with Crippen LogP contribution in [0.4, 0.5) is 11.6 Å². The highest BCUT2D eigenvalue weighted by Gasteiger charge is 2.25. The Balaban J connectivity index is 1.47. The number of aromatic nitrogens is 4. The Bertz CT molecular complexity index is 822. The summed E-state index contributed by atoms with van der Waals surface area (Å²) in [7, 11) is 2.12. The fourth-order valence-corrected chi connectivity index (χ4v) is 3.44. The molecule has 1 aliphatic rings. The van der Waals surface area contributed by atoms with Gasteiger partial charge in [0, 0.05) is 56.5 Å². The molecule has 0 radical (unpaired) electrons. The molecule has 3 aromatic heterocycles. The highest BCUT2D eigenvalue weighted by Crippen LogP contribution is 2.24. The molecule has 0 aromatic carbocycles. The molecule has 1 aliphatic heterocycles. The minimum absolute atomic E-state index is 0.407. The molecule has 0 spiro atoms. The normalized spacial score (nSPS) is 17.1. The third-order valence-electron chi connectivity index (χ3n) is 4.95. The Morgan fingerprint density at radius 1 is 1.04 bits per heavy atom. The topological polar surface area (TPSA) is 58.0 Å². The SMILES string of the molecule is CN(c1ccc(-c2ccncc2)cn1)[C@H]1CCCN(c2cccnn2)C1. The number of anilines is 2. The Morgan fingerprint density at radius 3 is 2.65 bits per heavy atom. The smallest absolute Gasteiger partial charge is 0.151 e. The summed E-state index contributed by atoms with van der Waals surface area (Å²) in [6, 6.07) is 12.6. The van der Waals surface area contributed by atoms with E-state index in [2.05, 4.69) is 49.1 Å². The van der Waals surface area contributed by atoms with E-state index in [9.17, 15) is 0 Å². The maximum atomic E-state index is 4.69. The van der Waals surface area contributed by atoms with Gasteiger partial charge in [0.2, 0.25) is 0 Å². The first-order chi connectivity index (χ1) is 12.8. The number of hydrogen-bond acceptors (Lipinski definition) is 6. The van der Waals surface area contributed by atoms with E-state index in [1.165, 1.54) is 0 Å². The molecule has 1 fully saturated rings. The van der Waals surface area contributed by atoms with Crippen molar-refractivity contribution >= 4 is 11.6 Å². The summed E-state index contributed by atoms with van der Waals surface area (Å²) in [5, 5.41) is 8.26. The molecule has 0 bridgehead atoms. The highest BCUT2D eigenvalue weighted by atomic mass is 15.3. The van der Waals surface area contributed by atoms with Crippen LogP contribution in [-0.2, 0) is 0 Å². The second kappa shape index (κ2) is 7.47. The van der Waals surface area contributed by atoms with E-state index >= 15 is 0 Å². The summed E-state index contributed by atoms with van der Waals surface area (Å²) < 4.78 is 0. The van der Waals surface area contributed by atoms with Gasteiger partial charge >= 0.3 is 0 Å². The molecule has 1 atom stereocenters. The molecule has 0 amide bonds. The molecule has 6 nitrogen and oxygen atoms in total. The minimum atomic E-state index is 0.407. The van der Waals surface area contributed by atoms with Gasteiger partial charge < -0.3 is 9.80 Å². The molecule has 0 unspecified atom stereocenters. The van der Waals surface area contributed by atoms with Crippen LogP contribution in [0, 0.1) is 0 Å². The number of piperidine rings is 1. The van der Waals surface area contributed by atoms with Gasteiger partial charge in [-0.1, -0.05) is 0 Å². The number of rotatable bonds is 4. The predicted octanol–water partition coefficient (Wildman–Crippen LogP) is 3.04. The molecule has 26 heavy (non-hydrogen) atoms. The van der Waals surface area contributed by atoms with E-state index in [0.717, 1.165) is 48.7 Å². The summed E-state index contributed by atoms with van der Waals surface area (Å²) in [5.41, 5.74) is 2.24. The fraction of sp³-hybridized carbons (Fsp3) is 0.300. The zero-order valence-electron chi connectivity index (χ0n) is 14.9. The molecule has 0 N–H and O–H groups in total. The van der Waals surface area contributed by atoms with Crippen molar-refractivity contribution in [2.24, 2.45) is 0 Å². The van der Waals surface area contributed by atoms with Crippen LogP contribution in [0.3, 0.4) is 0 Å². The van der Waals surface area contributed by atoms with Gasteiger partial charge in [0.25, 0.3) is 0 Å². The molecule has 132 valence electrons. The Morgan fingerprint density at radius 2 is 1.92 bits per heavy atom. The van der Waals surface area contributed by atoms with Crippen LogP contribution < -0.4 is 9.80 Å². The zero-order valence-corrected chi connectivity index (χ0v) is 14.9. The van der Waals surface area contributed by atoms with Crippen molar-refractivity contribution in [1.29, 1.82) is 0 Å². The van der Waals surface area contributed by atoms with E-state index in [-0.39, 0.29) is 0 Å². The van der Waals surface area contributed by atoms with Crippen LogP contribution in [0.2, 0.25) is 0 Å². The van der Waals surface area contributed by atoms with Gasteiger partial charge in [-0.15, -0.1) is 5.10 Å². The van der Waals surface area contributed by atoms with Crippen LogP contribution in [0.5, 0.6) is 0 Å². The number of likely N-dealkylation sites (N-methyl/N-ethyl adjacent to an activating group) is 1. The van der Waals surface area contributed by atoms with Crippen LogP contribution in [0.15, 0.2) is 61.2 Å². The van der Waals surface area contributed by atoms with Gasteiger partial charge in [-0.2, -0.15) is 5.10 Å². The van der Waals surface area contributed by atoms with Crippen molar-refractivity contribution in [3.8, 4) is 11.1 Å². The first kappa shape index (κ1) is 16.4. The lowest BCUT2D eigenvalue weighted by Gasteiger charge is -2.38. The van der Waals surface area contributed by atoms with E-state index in [1.807, 2.05) is 30.5 Å². The van der Waals surface area contributed by atoms with Gasteiger partial charge in [-0.3, -0.25) is 4.98 Å². The minimum Gasteiger partial charge on any atom is -0.355 e. The maximum absolute atomic E-state index is 4.69. The van der Waals surface area contributed by atoms with Crippen LogP contribution in [0.1, 0.15) is 12.8 Å². The summed E-state index contributed by atoms with van der Waals surface area (Å²) >= 11 is 0. The molecule has 1 saturated heterocycles. The summed E-state index contributed by atoms with van der Waals surface area (Å²) in [6.45, 7) is 1.96. The second-order valence-electron chi connectivity index (χ2n) is 6.58. The predicted molar refractivity (Wildman–Crippen MR) is 103 cm³/mol. The average Bonchev–Trinajstić information content (AvgIpc) is 2.75. The van der Waals surface area contributed by atoms with Crippen molar-refractivity contribution in [1.82, 2.24) is 20.2 Å². The monoisotopic (exact) mass is 346 g/mol. The second-order valence-corrected chi connectivity index (χ2v) is 6.58. The Labute approximate surface area is 153 Å². The lowest BCUT2D eigenvalue weighted by Crippen LogP contribution is -2.47. The molecular weight excluding hydrogens is 324 g/mol. The van der Waals surface area contributed by atoms with Gasteiger partial charge in [0.15, 0.2) is 5.82 Å². The first-order valence-corrected chi connectivity index (χ1v) is 8.93. The molecule has 4 rings (SSSR count). The lowest BCUT2D eigenvalue weighted by molar-refractivity contribution is 0.482. The molecule has 3 aromatic rings. The van der Waals surface area contributed by atoms with Gasteiger partial charge in [0.1, 0.15) is 5.82 Å². The number of nitrogens with zero attached hydrogens (tertiary/aromatic N) is 6. The lowest BCUT2D eigenvalue weighted by atomic mass is 10.0. The quantitative estimate of drug-likeness (QED) is 0.724. The van der Waals surface area contributed by atoms with Crippen molar-refractivity contribution in [2.75, 3.05) is 29.9 Å². The summed E-state index contributed by atoms with van der Waals surface area (Å²) in [6.07, 6.45) is 9.55. The Hall–Kier alpha value is -3.02. The van der Waals surface area contributed by atoms with Gasteiger partial charge in [-0.25, -0.2) is 4.98 Å². The summed E-state index contributed by atoms with van der Waals surface area (Å²) in [4.78, 5) is 13.3. The largest absolute Gasteiger partial charge is 0.355 e. The standard InChI is InChI=1S/C20H22N6/c1-25(18-4-3-13-26(15-18)20-5-2-10-23-24-20)19-7-6-17(14-22-19)16-8-11-21-12-9-16/h2,5-12,14,18H,3-4,13,15H2,1H3/t18-/m0/s1. The van der Waals surface area contributed by atoms with Crippen molar-refractivity contribution < 1.29 is 0 Å². The van der Waals surface area contributed by atoms with Crippen molar-refractivity contribution in [2.45, 2.75) is 18.9 Å². The molecule has 0 aliphatic carbocycles. The van der Waals surface area contributed by atoms with Crippen molar-refractivity contribution in [3.63, 3.8) is 0 Å². The van der Waals surface area contributed by atoms with E-state index in [0.29, 0.717) is 6.04 Å². The van der Waals surface area contributed by atoms with E-state index < -0.39 is 0 Å². The Kier molecular flexibility index (Phi) is 4.73. The van der Waals surface area contributed by atoms with Crippen LogP contribution >= 0.6 is 0 Å². The third kappa shape index (κ3) is 3.49. The third-order valence-corrected chi connectivity index (χ3v) is 4.95.